The minimum Gasteiger partial charge on any atom is -0.469 e. The summed E-state index contributed by atoms with van der Waals surface area (Å²) in [6.07, 6.45) is -4.95. The molecule has 0 bridgehead atoms. The Morgan fingerprint density at radius 1 is 1.41 bits per heavy atom. The number of thiol groups is 1. The van der Waals surface area contributed by atoms with Gasteiger partial charge >= 0.3 is 12.3 Å². The fourth-order valence-electron chi connectivity index (χ4n) is 1.15. The van der Waals surface area contributed by atoms with E-state index < -0.39 is 18.1 Å². The van der Waals surface area contributed by atoms with Crippen LogP contribution in [0.1, 0.15) is 5.56 Å². The van der Waals surface area contributed by atoms with Gasteiger partial charge in [-0.1, -0.05) is 12.1 Å². The van der Waals surface area contributed by atoms with Crippen LogP contribution in [0.3, 0.4) is 0 Å². The van der Waals surface area contributed by atoms with Crippen molar-refractivity contribution in [2.24, 2.45) is 0 Å². The number of hydrogen-bond donors (Lipinski definition) is 1. The molecule has 0 N–H and O–H groups in total. The molecule has 0 aromatic heterocycles. The number of halogens is 3. The van der Waals surface area contributed by atoms with Crippen molar-refractivity contribution in [3.8, 4) is 5.75 Å². The van der Waals surface area contributed by atoms with E-state index in [0.717, 1.165) is 6.07 Å². The van der Waals surface area contributed by atoms with Crippen LogP contribution in [0.25, 0.3) is 0 Å². The van der Waals surface area contributed by atoms with Gasteiger partial charge in [0.2, 0.25) is 0 Å². The van der Waals surface area contributed by atoms with Crippen LogP contribution in [0, 0.1) is 0 Å². The van der Waals surface area contributed by atoms with Crippen LogP contribution in [0.15, 0.2) is 23.1 Å². The quantitative estimate of drug-likeness (QED) is 0.674. The van der Waals surface area contributed by atoms with Crippen molar-refractivity contribution in [3.63, 3.8) is 0 Å². The third-order valence-electron chi connectivity index (χ3n) is 1.87. The summed E-state index contributed by atoms with van der Waals surface area (Å²) < 4.78 is 44.3. The molecule has 0 aliphatic carbocycles. The summed E-state index contributed by atoms with van der Waals surface area (Å²) in [6, 6.07) is 3.94. The van der Waals surface area contributed by atoms with Crippen LogP contribution in [0.5, 0.6) is 5.75 Å². The van der Waals surface area contributed by atoms with Crippen LogP contribution >= 0.6 is 12.6 Å². The molecule has 1 rings (SSSR count). The smallest absolute Gasteiger partial charge is 0.469 e. The number of alkyl halides is 3. The molecule has 0 atom stereocenters. The number of methoxy groups -OCH3 is 1. The Balaban J connectivity index is 2.95. The van der Waals surface area contributed by atoms with E-state index in [4.69, 9.17) is 0 Å². The second kappa shape index (κ2) is 5.31. The standard InChI is InChI=1S/C10H9F3O3S/c1-15-8(14)5-6-3-2-4-7(9(6)17)16-10(11,12)13/h2-4,17H,5H2,1H3. The largest absolute Gasteiger partial charge is 0.573 e. The van der Waals surface area contributed by atoms with Crippen LogP contribution in [0.4, 0.5) is 13.2 Å². The second-order valence-corrected chi connectivity index (χ2v) is 3.51. The van der Waals surface area contributed by atoms with Gasteiger partial charge in [0.25, 0.3) is 0 Å². The summed E-state index contributed by atoms with van der Waals surface area (Å²) in [5.41, 5.74) is 0.307. The van der Waals surface area contributed by atoms with E-state index in [9.17, 15) is 18.0 Å². The summed E-state index contributed by atoms with van der Waals surface area (Å²) in [5, 5.41) is 0. The Hall–Kier alpha value is -1.37. The van der Waals surface area contributed by atoms with Crippen molar-refractivity contribution in [1.29, 1.82) is 0 Å². The zero-order chi connectivity index (χ0) is 13.1. The number of carbonyl (C=O) groups is 1. The highest BCUT2D eigenvalue weighted by Gasteiger charge is 2.32. The third kappa shape index (κ3) is 4.18. The Kier molecular flexibility index (Phi) is 4.28. The first kappa shape index (κ1) is 13.7. The average molecular weight is 266 g/mol. The van der Waals surface area contributed by atoms with Crippen molar-refractivity contribution in [3.05, 3.63) is 23.8 Å². The molecule has 0 aliphatic rings. The van der Waals surface area contributed by atoms with E-state index in [1.807, 2.05) is 0 Å². The molecule has 0 heterocycles. The van der Waals surface area contributed by atoms with Gasteiger partial charge in [0.05, 0.1) is 18.4 Å². The number of esters is 1. The highest BCUT2D eigenvalue weighted by molar-refractivity contribution is 7.80. The average Bonchev–Trinajstić information content (AvgIpc) is 2.22. The minimum atomic E-state index is -4.79. The maximum absolute atomic E-state index is 12.0. The van der Waals surface area contributed by atoms with Gasteiger partial charge in [0.15, 0.2) is 0 Å². The Morgan fingerprint density at radius 2 is 2.06 bits per heavy atom. The van der Waals surface area contributed by atoms with E-state index >= 15 is 0 Å². The number of hydrogen-bond acceptors (Lipinski definition) is 4. The summed E-state index contributed by atoms with van der Waals surface area (Å²) in [5.74, 6) is -1.01. The maximum atomic E-state index is 12.0. The molecule has 0 unspecified atom stereocenters. The van der Waals surface area contributed by atoms with Gasteiger partial charge in [-0.15, -0.1) is 25.8 Å². The fourth-order valence-corrected chi connectivity index (χ4v) is 1.42. The first-order valence-electron chi connectivity index (χ1n) is 4.47. The Bertz CT molecular complexity index is 418. The lowest BCUT2D eigenvalue weighted by Gasteiger charge is -2.12. The number of benzene rings is 1. The highest BCUT2D eigenvalue weighted by Crippen LogP contribution is 2.31. The number of rotatable bonds is 3. The van der Waals surface area contributed by atoms with Crippen molar-refractivity contribution >= 4 is 18.6 Å². The molecule has 1 aromatic carbocycles. The molecule has 17 heavy (non-hydrogen) atoms. The molecular weight excluding hydrogens is 257 g/mol. The highest BCUT2D eigenvalue weighted by atomic mass is 32.1. The van der Waals surface area contributed by atoms with Gasteiger partial charge in [0, 0.05) is 0 Å². The zero-order valence-corrected chi connectivity index (χ0v) is 9.64. The van der Waals surface area contributed by atoms with Crippen LogP contribution in [0.2, 0.25) is 0 Å². The molecule has 0 amide bonds. The first-order valence-corrected chi connectivity index (χ1v) is 4.91. The molecule has 0 radical (unpaired) electrons. The monoisotopic (exact) mass is 266 g/mol. The molecule has 0 aliphatic heterocycles. The van der Waals surface area contributed by atoms with Gasteiger partial charge in [-0.2, -0.15) is 0 Å². The van der Waals surface area contributed by atoms with Crippen LogP contribution in [-0.4, -0.2) is 19.4 Å². The summed E-state index contributed by atoms with van der Waals surface area (Å²) in [7, 11) is 1.19. The van der Waals surface area contributed by atoms with E-state index in [-0.39, 0.29) is 11.3 Å². The van der Waals surface area contributed by atoms with E-state index in [1.165, 1.54) is 19.2 Å². The maximum Gasteiger partial charge on any atom is 0.573 e. The SMILES string of the molecule is COC(=O)Cc1cccc(OC(F)(F)F)c1S. The lowest BCUT2D eigenvalue weighted by molar-refractivity contribution is -0.275. The summed E-state index contributed by atoms with van der Waals surface area (Å²) in [6.45, 7) is 0. The molecule has 0 fully saturated rings. The summed E-state index contributed by atoms with van der Waals surface area (Å²) >= 11 is 3.90. The Labute approximate surface area is 101 Å². The van der Waals surface area contributed by atoms with Crippen molar-refractivity contribution in [2.45, 2.75) is 17.7 Å². The molecule has 7 heteroatoms. The molecular formula is C10H9F3O3S. The number of carbonyl (C=O) groups excluding carboxylic acids is 1. The molecule has 94 valence electrons. The molecule has 0 spiro atoms. The van der Waals surface area contributed by atoms with Gasteiger partial charge in [-0.05, 0) is 11.6 Å². The normalized spacial score (nSPS) is 11.1. The van der Waals surface area contributed by atoms with E-state index in [0.29, 0.717) is 5.56 Å². The van der Waals surface area contributed by atoms with Crippen LogP contribution < -0.4 is 4.74 Å². The van der Waals surface area contributed by atoms with Crippen LogP contribution in [-0.2, 0) is 16.0 Å². The minimum absolute atomic E-state index is 0.0322. The molecule has 0 saturated carbocycles. The van der Waals surface area contributed by atoms with E-state index in [2.05, 4.69) is 22.1 Å². The molecule has 1 aromatic rings. The third-order valence-corrected chi connectivity index (χ3v) is 2.38. The first-order chi connectivity index (χ1) is 7.83. The lowest BCUT2D eigenvalue weighted by Crippen LogP contribution is -2.18. The fraction of sp³-hybridized carbons (Fsp3) is 0.300. The predicted molar refractivity (Wildman–Crippen MR) is 56.1 cm³/mol. The van der Waals surface area contributed by atoms with Gasteiger partial charge in [0.1, 0.15) is 5.75 Å². The summed E-state index contributed by atoms with van der Waals surface area (Å²) in [4.78, 5) is 11.0. The topological polar surface area (TPSA) is 35.5 Å². The van der Waals surface area contributed by atoms with E-state index in [1.54, 1.807) is 0 Å². The number of ether oxygens (including phenoxy) is 2. The van der Waals surface area contributed by atoms with Crippen molar-refractivity contribution < 1.29 is 27.4 Å². The van der Waals surface area contributed by atoms with Gasteiger partial charge < -0.3 is 9.47 Å². The van der Waals surface area contributed by atoms with Crippen molar-refractivity contribution in [1.82, 2.24) is 0 Å². The van der Waals surface area contributed by atoms with Crippen molar-refractivity contribution in [2.75, 3.05) is 7.11 Å². The Morgan fingerprint density at radius 3 is 2.59 bits per heavy atom. The molecule has 0 saturated heterocycles. The van der Waals surface area contributed by atoms with Gasteiger partial charge in [-0.25, -0.2) is 0 Å². The van der Waals surface area contributed by atoms with Gasteiger partial charge in [-0.3, -0.25) is 4.79 Å². The molecule has 3 nitrogen and oxygen atoms in total. The zero-order valence-electron chi connectivity index (χ0n) is 8.75. The second-order valence-electron chi connectivity index (χ2n) is 3.06. The predicted octanol–water partition coefficient (Wildman–Crippen LogP) is 2.59. The lowest BCUT2D eigenvalue weighted by atomic mass is 10.1.